The van der Waals surface area contributed by atoms with Gasteiger partial charge in [0.15, 0.2) is 9.84 Å². The first-order valence-corrected chi connectivity index (χ1v) is 8.24. The molecule has 1 aromatic carbocycles. The fourth-order valence-corrected chi connectivity index (χ4v) is 4.86. The molecule has 0 spiro atoms. The molecule has 3 rings (SSSR count). The molecule has 19 heavy (non-hydrogen) atoms. The van der Waals surface area contributed by atoms with Crippen LogP contribution in [0.1, 0.15) is 24.8 Å². The highest BCUT2D eigenvalue weighted by atomic mass is 32.2. The van der Waals surface area contributed by atoms with Crippen molar-refractivity contribution in [3.63, 3.8) is 0 Å². The van der Waals surface area contributed by atoms with E-state index in [2.05, 4.69) is 11.0 Å². The summed E-state index contributed by atoms with van der Waals surface area (Å²) in [4.78, 5) is 2.50. The average molecular weight is 276 g/mol. The largest absolute Gasteiger partial charge is 0.282 e. The normalized spacial score (nSPS) is 29.6. The summed E-state index contributed by atoms with van der Waals surface area (Å²) in [6.45, 7) is 1.75. The zero-order valence-corrected chi connectivity index (χ0v) is 11.5. The fourth-order valence-electron chi connectivity index (χ4n) is 3.22. The van der Waals surface area contributed by atoms with Gasteiger partial charge < -0.3 is 0 Å². The lowest BCUT2D eigenvalue weighted by molar-refractivity contribution is 0.163. The van der Waals surface area contributed by atoms with Crippen molar-refractivity contribution in [2.75, 3.05) is 18.8 Å². The molecule has 1 aromatic rings. The maximum atomic E-state index is 12.2. The van der Waals surface area contributed by atoms with Crippen molar-refractivity contribution in [2.45, 2.75) is 29.7 Å². The second-order valence-electron chi connectivity index (χ2n) is 5.23. The highest BCUT2D eigenvalue weighted by Crippen LogP contribution is 2.42. The molecule has 0 radical (unpaired) electrons. The number of benzene rings is 1. The first kappa shape index (κ1) is 12.6. The standard InChI is InChI=1S/C14H16N2O2S/c15-11-14(16-8-3-4-9-16)7-10-19(17,18)13-6-2-1-5-12(13)14/h1-2,5-6H,3-4,7-10H2. The maximum Gasteiger partial charge on any atom is 0.178 e. The van der Waals surface area contributed by atoms with Crippen LogP contribution in [0.5, 0.6) is 0 Å². The summed E-state index contributed by atoms with van der Waals surface area (Å²) >= 11 is 0. The van der Waals surface area contributed by atoms with Crippen molar-refractivity contribution in [1.29, 1.82) is 5.26 Å². The Balaban J connectivity index is 2.21. The monoisotopic (exact) mass is 276 g/mol. The fraction of sp³-hybridized carbons (Fsp3) is 0.500. The molecule has 1 unspecified atom stereocenters. The lowest BCUT2D eigenvalue weighted by atomic mass is 9.86. The van der Waals surface area contributed by atoms with Crippen LogP contribution < -0.4 is 0 Å². The van der Waals surface area contributed by atoms with E-state index in [4.69, 9.17) is 0 Å². The van der Waals surface area contributed by atoms with E-state index in [0.717, 1.165) is 25.9 Å². The van der Waals surface area contributed by atoms with E-state index < -0.39 is 15.4 Å². The van der Waals surface area contributed by atoms with Gasteiger partial charge in [0.25, 0.3) is 0 Å². The minimum atomic E-state index is -3.23. The van der Waals surface area contributed by atoms with E-state index in [9.17, 15) is 13.7 Å². The Morgan fingerprint density at radius 1 is 1.21 bits per heavy atom. The van der Waals surface area contributed by atoms with Gasteiger partial charge in [0.1, 0.15) is 5.54 Å². The van der Waals surface area contributed by atoms with Crippen molar-refractivity contribution in [3.05, 3.63) is 29.8 Å². The number of sulfone groups is 1. The number of nitrogens with zero attached hydrogens (tertiary/aromatic N) is 2. The van der Waals surface area contributed by atoms with Crippen LogP contribution in [0.25, 0.3) is 0 Å². The summed E-state index contributed by atoms with van der Waals surface area (Å²) in [5.74, 6) is 0.0636. The number of fused-ring (bicyclic) bond motifs is 1. The molecular formula is C14H16N2O2S. The number of rotatable bonds is 1. The minimum absolute atomic E-state index is 0.0636. The summed E-state index contributed by atoms with van der Waals surface area (Å²) in [7, 11) is -3.23. The Morgan fingerprint density at radius 3 is 2.58 bits per heavy atom. The number of hydrogen-bond acceptors (Lipinski definition) is 4. The van der Waals surface area contributed by atoms with Crippen molar-refractivity contribution in [2.24, 2.45) is 0 Å². The molecule has 0 aromatic heterocycles. The van der Waals surface area contributed by atoms with Gasteiger partial charge in [-0.15, -0.1) is 0 Å². The highest BCUT2D eigenvalue weighted by Gasteiger charge is 2.47. The molecule has 2 aliphatic rings. The van der Waals surface area contributed by atoms with Crippen LogP contribution >= 0.6 is 0 Å². The Kier molecular flexibility index (Phi) is 2.88. The number of hydrogen-bond donors (Lipinski definition) is 0. The highest BCUT2D eigenvalue weighted by molar-refractivity contribution is 7.91. The molecule has 1 fully saturated rings. The van der Waals surface area contributed by atoms with Crippen molar-refractivity contribution >= 4 is 9.84 Å². The third-order valence-corrected chi connectivity index (χ3v) is 6.00. The van der Waals surface area contributed by atoms with E-state index in [1.54, 1.807) is 18.2 Å². The third kappa shape index (κ3) is 1.78. The van der Waals surface area contributed by atoms with Gasteiger partial charge >= 0.3 is 0 Å². The predicted octanol–water partition coefficient (Wildman–Crippen LogP) is 1.68. The predicted molar refractivity (Wildman–Crippen MR) is 71.2 cm³/mol. The van der Waals surface area contributed by atoms with Gasteiger partial charge in [-0.2, -0.15) is 5.26 Å². The molecule has 4 nitrogen and oxygen atoms in total. The van der Waals surface area contributed by atoms with Crippen LogP contribution in [0.4, 0.5) is 0 Å². The molecule has 5 heteroatoms. The molecule has 2 heterocycles. The van der Waals surface area contributed by atoms with Crippen LogP contribution in [0.2, 0.25) is 0 Å². The zero-order chi connectivity index (χ0) is 13.5. The Morgan fingerprint density at radius 2 is 1.89 bits per heavy atom. The van der Waals surface area contributed by atoms with Crippen LogP contribution in [0, 0.1) is 11.3 Å². The van der Waals surface area contributed by atoms with Crippen LogP contribution in [-0.4, -0.2) is 32.2 Å². The van der Waals surface area contributed by atoms with E-state index in [1.807, 2.05) is 6.07 Å². The molecule has 2 aliphatic heterocycles. The molecule has 0 bridgehead atoms. The third-order valence-electron chi connectivity index (χ3n) is 4.23. The topological polar surface area (TPSA) is 61.2 Å². The molecule has 0 amide bonds. The van der Waals surface area contributed by atoms with Crippen molar-refractivity contribution in [3.8, 4) is 6.07 Å². The Labute approximate surface area is 113 Å². The van der Waals surface area contributed by atoms with Gasteiger partial charge in [-0.25, -0.2) is 8.42 Å². The average Bonchev–Trinajstić information content (AvgIpc) is 2.94. The smallest absolute Gasteiger partial charge is 0.178 e. The maximum absolute atomic E-state index is 12.2. The van der Waals surface area contributed by atoms with Gasteiger partial charge in [0, 0.05) is 18.7 Å². The van der Waals surface area contributed by atoms with Crippen molar-refractivity contribution in [1.82, 2.24) is 4.90 Å². The van der Waals surface area contributed by atoms with Gasteiger partial charge in [0.05, 0.1) is 16.7 Å². The van der Waals surface area contributed by atoms with Crippen LogP contribution in [-0.2, 0) is 15.4 Å². The number of likely N-dealkylation sites (tertiary alicyclic amines) is 1. The lowest BCUT2D eigenvalue weighted by Crippen LogP contribution is -2.47. The van der Waals surface area contributed by atoms with E-state index in [0.29, 0.717) is 16.9 Å². The molecular weight excluding hydrogens is 260 g/mol. The zero-order valence-electron chi connectivity index (χ0n) is 10.7. The molecule has 0 aliphatic carbocycles. The van der Waals surface area contributed by atoms with Gasteiger partial charge in [-0.1, -0.05) is 18.2 Å². The quantitative estimate of drug-likeness (QED) is 0.783. The summed E-state index contributed by atoms with van der Waals surface area (Å²) in [5.41, 5.74) is -0.0797. The van der Waals surface area contributed by atoms with Gasteiger partial charge in [-0.05, 0) is 25.3 Å². The molecule has 100 valence electrons. The van der Waals surface area contributed by atoms with Crippen LogP contribution in [0.3, 0.4) is 0 Å². The SMILES string of the molecule is N#CC1(N2CCCC2)CCS(=O)(=O)c2ccccc21. The summed E-state index contributed by atoms with van der Waals surface area (Å²) < 4.78 is 24.3. The van der Waals surface area contributed by atoms with E-state index in [1.165, 1.54) is 0 Å². The van der Waals surface area contributed by atoms with E-state index in [-0.39, 0.29) is 5.75 Å². The molecule has 1 atom stereocenters. The molecule has 0 saturated carbocycles. The van der Waals surface area contributed by atoms with E-state index >= 15 is 0 Å². The first-order chi connectivity index (χ1) is 9.10. The Bertz CT molecular complexity index is 642. The minimum Gasteiger partial charge on any atom is -0.282 e. The lowest BCUT2D eigenvalue weighted by Gasteiger charge is -2.40. The second kappa shape index (κ2) is 4.32. The van der Waals surface area contributed by atoms with Gasteiger partial charge in [0.2, 0.25) is 0 Å². The van der Waals surface area contributed by atoms with Crippen molar-refractivity contribution < 1.29 is 8.42 Å². The number of nitriles is 1. The van der Waals surface area contributed by atoms with Crippen LogP contribution in [0.15, 0.2) is 29.2 Å². The second-order valence-corrected chi connectivity index (χ2v) is 7.31. The summed E-state index contributed by atoms with van der Waals surface area (Å²) in [5, 5.41) is 9.73. The van der Waals surface area contributed by atoms with Gasteiger partial charge in [-0.3, -0.25) is 4.90 Å². The Hall–Kier alpha value is -1.38. The molecule has 0 N–H and O–H groups in total. The summed E-state index contributed by atoms with van der Waals surface area (Å²) in [6.07, 6.45) is 2.54. The summed E-state index contributed by atoms with van der Waals surface area (Å²) in [6, 6.07) is 9.40. The first-order valence-electron chi connectivity index (χ1n) is 6.59. The molecule has 1 saturated heterocycles.